The highest BCUT2D eigenvalue weighted by atomic mass is 16.5. The first-order chi connectivity index (χ1) is 12.5. The van der Waals surface area contributed by atoms with E-state index in [0.717, 1.165) is 30.7 Å². The van der Waals surface area contributed by atoms with Crippen LogP contribution in [0.5, 0.6) is 5.75 Å². The second-order valence-electron chi connectivity index (χ2n) is 8.89. The van der Waals surface area contributed by atoms with Crippen LogP contribution in [0.15, 0.2) is 24.3 Å². The molecule has 0 aromatic heterocycles. The number of carbonyl (C=O) groups is 2. The summed E-state index contributed by atoms with van der Waals surface area (Å²) < 4.78 is 5.54. The Morgan fingerprint density at radius 2 is 1.77 bits per heavy atom. The minimum Gasteiger partial charge on any atom is -0.484 e. The van der Waals surface area contributed by atoms with Gasteiger partial charge >= 0.3 is 0 Å². The van der Waals surface area contributed by atoms with Gasteiger partial charge in [0.05, 0.1) is 0 Å². The molecule has 4 aliphatic rings. The predicted octanol–water partition coefficient (Wildman–Crippen LogP) is 3.99. The van der Waals surface area contributed by atoms with Gasteiger partial charge in [0.15, 0.2) is 12.4 Å². The van der Waals surface area contributed by atoms with E-state index in [1.54, 1.807) is 24.3 Å². The zero-order valence-corrected chi connectivity index (χ0v) is 15.6. The van der Waals surface area contributed by atoms with Gasteiger partial charge < -0.3 is 10.1 Å². The Kier molecular flexibility index (Phi) is 4.76. The second kappa shape index (κ2) is 7.05. The van der Waals surface area contributed by atoms with Crippen LogP contribution in [-0.2, 0) is 4.79 Å². The van der Waals surface area contributed by atoms with Crippen LogP contribution < -0.4 is 10.1 Å². The normalized spacial score (nSPS) is 31.7. The van der Waals surface area contributed by atoms with E-state index in [2.05, 4.69) is 5.32 Å². The molecule has 0 atom stereocenters. The molecule has 26 heavy (non-hydrogen) atoms. The number of hydrogen-bond donors (Lipinski definition) is 1. The number of ether oxygens (including phenoxy) is 1. The van der Waals surface area contributed by atoms with Gasteiger partial charge in [-0.2, -0.15) is 0 Å². The maximum atomic E-state index is 12.1. The molecule has 0 heterocycles. The zero-order valence-electron chi connectivity index (χ0n) is 15.6. The molecule has 5 rings (SSSR count). The van der Waals surface area contributed by atoms with Crippen molar-refractivity contribution in [3.8, 4) is 5.75 Å². The van der Waals surface area contributed by atoms with Crippen LogP contribution in [0.1, 0.15) is 62.2 Å². The van der Waals surface area contributed by atoms with Crippen molar-refractivity contribution in [2.75, 3.05) is 13.2 Å². The molecule has 140 valence electrons. The van der Waals surface area contributed by atoms with E-state index in [9.17, 15) is 9.59 Å². The van der Waals surface area contributed by atoms with E-state index in [-0.39, 0.29) is 18.3 Å². The Balaban J connectivity index is 1.22. The average molecular weight is 355 g/mol. The molecule has 0 saturated heterocycles. The minimum absolute atomic E-state index is 0.00222. The third kappa shape index (κ3) is 3.79. The summed E-state index contributed by atoms with van der Waals surface area (Å²) in [6, 6.07) is 6.98. The molecule has 0 unspecified atom stereocenters. The summed E-state index contributed by atoms with van der Waals surface area (Å²) in [6.45, 7) is 2.28. The molecule has 1 amide bonds. The maximum Gasteiger partial charge on any atom is 0.257 e. The number of nitrogens with one attached hydrogen (secondary N) is 1. The van der Waals surface area contributed by atoms with E-state index >= 15 is 0 Å². The lowest BCUT2D eigenvalue weighted by molar-refractivity contribution is -0.123. The van der Waals surface area contributed by atoms with Gasteiger partial charge in [0, 0.05) is 12.1 Å². The highest BCUT2D eigenvalue weighted by Gasteiger charge is 2.50. The van der Waals surface area contributed by atoms with E-state index in [0.29, 0.717) is 16.7 Å². The van der Waals surface area contributed by atoms with E-state index < -0.39 is 0 Å². The molecule has 4 aliphatic carbocycles. The molecule has 4 heteroatoms. The molecular weight excluding hydrogens is 326 g/mol. The van der Waals surface area contributed by atoms with Crippen LogP contribution in [0.4, 0.5) is 0 Å². The Morgan fingerprint density at radius 1 is 1.12 bits per heavy atom. The van der Waals surface area contributed by atoms with Crippen molar-refractivity contribution in [1.29, 1.82) is 0 Å². The van der Waals surface area contributed by atoms with Crippen molar-refractivity contribution < 1.29 is 14.3 Å². The first-order valence-corrected chi connectivity index (χ1v) is 10.0. The van der Waals surface area contributed by atoms with Gasteiger partial charge in [-0.15, -0.1) is 0 Å². The van der Waals surface area contributed by atoms with Crippen molar-refractivity contribution in [3.05, 3.63) is 29.8 Å². The Bertz CT molecular complexity index is 661. The summed E-state index contributed by atoms with van der Waals surface area (Å²) in [7, 11) is 0. The van der Waals surface area contributed by atoms with Gasteiger partial charge in [-0.05, 0) is 87.2 Å². The molecular formula is C22H29NO3. The summed E-state index contributed by atoms with van der Waals surface area (Å²) >= 11 is 0. The fourth-order valence-electron chi connectivity index (χ4n) is 6.07. The van der Waals surface area contributed by atoms with E-state index in [1.807, 2.05) is 0 Å². The molecule has 0 aliphatic heterocycles. The minimum atomic E-state index is -0.0806. The molecule has 1 aromatic carbocycles. The standard InChI is InChI=1S/C22H29NO3/c1-15(24)19-3-2-4-20(10-19)26-14-21(25)23-6-5-22-11-16-7-17(12-22)9-18(8-16)13-22/h2-4,10,16-18H,5-9,11-14H2,1H3,(H,23,25). The van der Waals surface area contributed by atoms with Gasteiger partial charge in [0.1, 0.15) is 5.75 Å². The van der Waals surface area contributed by atoms with Crippen LogP contribution in [0.2, 0.25) is 0 Å². The van der Waals surface area contributed by atoms with Gasteiger partial charge in [-0.1, -0.05) is 12.1 Å². The fraction of sp³-hybridized carbons (Fsp3) is 0.636. The zero-order chi connectivity index (χ0) is 18.1. The van der Waals surface area contributed by atoms with Crippen molar-refractivity contribution >= 4 is 11.7 Å². The Morgan fingerprint density at radius 3 is 2.38 bits per heavy atom. The number of benzene rings is 1. The molecule has 1 aromatic rings. The Hall–Kier alpha value is -1.84. The third-order valence-corrected chi connectivity index (χ3v) is 6.75. The molecule has 0 radical (unpaired) electrons. The highest BCUT2D eigenvalue weighted by Crippen LogP contribution is 2.61. The lowest BCUT2D eigenvalue weighted by atomic mass is 9.49. The van der Waals surface area contributed by atoms with Gasteiger partial charge in [-0.25, -0.2) is 0 Å². The molecule has 1 N–H and O–H groups in total. The lowest BCUT2D eigenvalue weighted by Crippen LogP contribution is -2.47. The molecule has 4 bridgehead atoms. The van der Waals surface area contributed by atoms with Crippen LogP contribution >= 0.6 is 0 Å². The van der Waals surface area contributed by atoms with Crippen molar-refractivity contribution in [2.24, 2.45) is 23.2 Å². The molecule has 4 fully saturated rings. The summed E-state index contributed by atoms with van der Waals surface area (Å²) in [5.74, 6) is 3.34. The van der Waals surface area contributed by atoms with E-state index in [1.165, 1.54) is 45.4 Å². The first kappa shape index (κ1) is 17.6. The average Bonchev–Trinajstić information content (AvgIpc) is 2.59. The molecule has 4 nitrogen and oxygen atoms in total. The monoisotopic (exact) mass is 355 g/mol. The van der Waals surface area contributed by atoms with Gasteiger partial charge in [0.2, 0.25) is 0 Å². The first-order valence-electron chi connectivity index (χ1n) is 10.0. The summed E-state index contributed by atoms with van der Waals surface area (Å²) in [5.41, 5.74) is 1.10. The number of carbonyl (C=O) groups excluding carboxylic acids is 2. The van der Waals surface area contributed by atoms with E-state index in [4.69, 9.17) is 4.74 Å². The molecule has 0 spiro atoms. The summed E-state index contributed by atoms with van der Waals surface area (Å²) in [5, 5.41) is 3.03. The SMILES string of the molecule is CC(=O)c1cccc(OCC(=O)NCCC23CC4CC(CC(C4)C2)C3)c1. The number of ketones is 1. The number of Topliss-reactive ketones (excluding diaryl/α,β-unsaturated/α-hetero) is 1. The maximum absolute atomic E-state index is 12.1. The Labute approximate surface area is 155 Å². The fourth-order valence-corrected chi connectivity index (χ4v) is 6.07. The van der Waals surface area contributed by atoms with Crippen LogP contribution in [0.25, 0.3) is 0 Å². The van der Waals surface area contributed by atoms with Crippen LogP contribution in [0.3, 0.4) is 0 Å². The quantitative estimate of drug-likeness (QED) is 0.753. The van der Waals surface area contributed by atoms with Crippen molar-refractivity contribution in [1.82, 2.24) is 5.32 Å². The third-order valence-electron chi connectivity index (χ3n) is 6.75. The summed E-state index contributed by atoms with van der Waals surface area (Å²) in [6.07, 6.45) is 9.62. The van der Waals surface area contributed by atoms with Crippen molar-refractivity contribution in [2.45, 2.75) is 51.9 Å². The van der Waals surface area contributed by atoms with Gasteiger partial charge in [0.25, 0.3) is 5.91 Å². The second-order valence-corrected chi connectivity index (χ2v) is 8.89. The molecule has 4 saturated carbocycles. The highest BCUT2D eigenvalue weighted by molar-refractivity contribution is 5.94. The van der Waals surface area contributed by atoms with Crippen molar-refractivity contribution in [3.63, 3.8) is 0 Å². The predicted molar refractivity (Wildman–Crippen MR) is 100 cm³/mol. The van der Waals surface area contributed by atoms with Crippen LogP contribution in [0, 0.1) is 23.2 Å². The largest absolute Gasteiger partial charge is 0.484 e. The number of amides is 1. The summed E-state index contributed by atoms with van der Waals surface area (Å²) in [4.78, 5) is 23.5. The smallest absolute Gasteiger partial charge is 0.257 e. The number of hydrogen-bond acceptors (Lipinski definition) is 3. The lowest BCUT2D eigenvalue weighted by Gasteiger charge is -2.57. The van der Waals surface area contributed by atoms with Crippen LogP contribution in [-0.4, -0.2) is 24.8 Å². The van der Waals surface area contributed by atoms with Gasteiger partial charge in [-0.3, -0.25) is 9.59 Å². The number of rotatable bonds is 7. The topological polar surface area (TPSA) is 55.4 Å².